The predicted molar refractivity (Wildman–Crippen MR) is 90.1 cm³/mol. The lowest BCUT2D eigenvalue weighted by Crippen LogP contribution is -2.42. The monoisotopic (exact) mass is 329 g/mol. The van der Waals surface area contributed by atoms with E-state index in [0.29, 0.717) is 5.78 Å². The van der Waals surface area contributed by atoms with Crippen LogP contribution in [0.3, 0.4) is 0 Å². The van der Waals surface area contributed by atoms with E-state index >= 15 is 0 Å². The van der Waals surface area contributed by atoms with Gasteiger partial charge in [-0.3, -0.25) is 9.69 Å². The van der Waals surface area contributed by atoms with Crippen LogP contribution < -0.4 is 9.47 Å². The van der Waals surface area contributed by atoms with E-state index in [4.69, 9.17) is 14.2 Å². The van der Waals surface area contributed by atoms with Gasteiger partial charge in [-0.05, 0) is 48.6 Å². The third-order valence-corrected chi connectivity index (χ3v) is 5.01. The van der Waals surface area contributed by atoms with Crippen LogP contribution in [0.1, 0.15) is 24.8 Å². The van der Waals surface area contributed by atoms with Gasteiger partial charge < -0.3 is 14.2 Å². The van der Waals surface area contributed by atoms with Gasteiger partial charge >= 0.3 is 0 Å². The standard InChI is InChI=1S/C19H23NO4/c21-19-15(10-14-4-5-17-18(11-14)24-13-23-17)2-1-3-16(19)12-20-6-8-22-9-7-20/h4-5,10-11,16H,1-3,6-9,12-13H2/b15-10+. The Bertz CT molecular complexity index is 649. The lowest BCUT2D eigenvalue weighted by atomic mass is 9.83. The molecular weight excluding hydrogens is 306 g/mol. The van der Waals surface area contributed by atoms with Crippen molar-refractivity contribution in [1.29, 1.82) is 0 Å². The predicted octanol–water partition coefficient (Wildman–Crippen LogP) is 2.50. The smallest absolute Gasteiger partial charge is 0.231 e. The number of fused-ring (bicyclic) bond motifs is 1. The summed E-state index contributed by atoms with van der Waals surface area (Å²) in [5, 5.41) is 0. The van der Waals surface area contributed by atoms with E-state index in [1.165, 1.54) is 0 Å². The van der Waals surface area contributed by atoms with Crippen molar-refractivity contribution in [2.45, 2.75) is 19.3 Å². The molecular formula is C19H23NO4. The van der Waals surface area contributed by atoms with Crippen LogP contribution in [0.15, 0.2) is 23.8 Å². The molecule has 2 fully saturated rings. The van der Waals surface area contributed by atoms with Crippen LogP contribution >= 0.6 is 0 Å². The van der Waals surface area contributed by atoms with E-state index in [0.717, 1.165) is 74.7 Å². The first-order chi connectivity index (χ1) is 11.8. The molecule has 1 unspecified atom stereocenters. The quantitative estimate of drug-likeness (QED) is 0.798. The first-order valence-corrected chi connectivity index (χ1v) is 8.74. The van der Waals surface area contributed by atoms with E-state index in [1.807, 2.05) is 24.3 Å². The first-order valence-electron chi connectivity index (χ1n) is 8.74. The summed E-state index contributed by atoms with van der Waals surface area (Å²) in [4.78, 5) is 15.2. The highest BCUT2D eigenvalue weighted by Crippen LogP contribution is 2.34. The lowest BCUT2D eigenvalue weighted by molar-refractivity contribution is -0.121. The zero-order valence-electron chi connectivity index (χ0n) is 13.8. The highest BCUT2D eigenvalue weighted by atomic mass is 16.7. The molecule has 1 saturated heterocycles. The van der Waals surface area contributed by atoms with Crippen molar-refractivity contribution in [3.63, 3.8) is 0 Å². The van der Waals surface area contributed by atoms with E-state index in [9.17, 15) is 4.79 Å². The minimum absolute atomic E-state index is 0.122. The number of allylic oxidation sites excluding steroid dienone is 1. The van der Waals surface area contributed by atoms with Crippen molar-refractivity contribution in [3.8, 4) is 11.5 Å². The highest BCUT2D eigenvalue weighted by Gasteiger charge is 2.28. The molecule has 0 radical (unpaired) electrons. The number of Topliss-reactive ketones (excluding diaryl/α,β-unsaturated/α-hetero) is 1. The van der Waals surface area contributed by atoms with E-state index in [2.05, 4.69) is 4.90 Å². The minimum Gasteiger partial charge on any atom is -0.454 e. The molecule has 0 bridgehead atoms. The highest BCUT2D eigenvalue weighted by molar-refractivity contribution is 6.01. The maximum Gasteiger partial charge on any atom is 0.231 e. The molecule has 5 nitrogen and oxygen atoms in total. The third-order valence-electron chi connectivity index (χ3n) is 5.01. The van der Waals surface area contributed by atoms with Crippen LogP contribution in [0.5, 0.6) is 11.5 Å². The average molecular weight is 329 g/mol. The van der Waals surface area contributed by atoms with Gasteiger partial charge in [0.25, 0.3) is 0 Å². The Morgan fingerprint density at radius 1 is 1.17 bits per heavy atom. The number of ether oxygens (including phenoxy) is 3. The normalized spacial score (nSPS) is 26.1. The number of carbonyl (C=O) groups is 1. The molecule has 128 valence electrons. The molecule has 0 spiro atoms. The van der Waals surface area contributed by atoms with Gasteiger partial charge in [-0.1, -0.05) is 6.07 Å². The molecule has 2 aliphatic heterocycles. The Balaban J connectivity index is 1.47. The maximum absolute atomic E-state index is 12.9. The molecule has 5 heteroatoms. The minimum atomic E-state index is 0.122. The fourth-order valence-electron chi connectivity index (χ4n) is 3.67. The van der Waals surface area contributed by atoms with Crippen LogP contribution in [0, 0.1) is 5.92 Å². The van der Waals surface area contributed by atoms with Crippen molar-refractivity contribution in [2.24, 2.45) is 5.92 Å². The average Bonchev–Trinajstić information content (AvgIpc) is 3.07. The molecule has 1 atom stereocenters. The van der Waals surface area contributed by atoms with Crippen LogP contribution in [-0.2, 0) is 9.53 Å². The molecule has 2 heterocycles. The van der Waals surface area contributed by atoms with Gasteiger partial charge in [0.2, 0.25) is 6.79 Å². The fourth-order valence-corrected chi connectivity index (χ4v) is 3.67. The summed E-state index contributed by atoms with van der Waals surface area (Å²) < 4.78 is 16.2. The van der Waals surface area contributed by atoms with Gasteiger partial charge in [-0.15, -0.1) is 0 Å². The molecule has 4 rings (SSSR count). The molecule has 1 saturated carbocycles. The molecule has 3 aliphatic rings. The van der Waals surface area contributed by atoms with Crippen molar-refractivity contribution in [1.82, 2.24) is 4.90 Å². The SMILES string of the molecule is O=C1/C(=C/c2ccc3c(c2)OCO3)CCCC1CN1CCOCC1. The second kappa shape index (κ2) is 6.95. The molecule has 1 aliphatic carbocycles. The Morgan fingerprint density at radius 2 is 2.00 bits per heavy atom. The van der Waals surface area contributed by atoms with Crippen LogP contribution in [0.25, 0.3) is 6.08 Å². The van der Waals surface area contributed by atoms with Crippen LogP contribution in [0.2, 0.25) is 0 Å². The largest absolute Gasteiger partial charge is 0.454 e. The van der Waals surface area contributed by atoms with Gasteiger partial charge in [0.1, 0.15) is 0 Å². The van der Waals surface area contributed by atoms with Crippen molar-refractivity contribution in [2.75, 3.05) is 39.6 Å². The molecule has 1 aromatic rings. The summed E-state index contributed by atoms with van der Waals surface area (Å²) in [5.41, 5.74) is 1.95. The second-order valence-electron chi connectivity index (χ2n) is 6.65. The van der Waals surface area contributed by atoms with E-state index in [-0.39, 0.29) is 12.7 Å². The zero-order valence-corrected chi connectivity index (χ0v) is 13.8. The number of hydrogen-bond donors (Lipinski definition) is 0. The summed E-state index contributed by atoms with van der Waals surface area (Å²) in [6.45, 7) is 4.56. The summed E-state index contributed by atoms with van der Waals surface area (Å²) in [7, 11) is 0. The van der Waals surface area contributed by atoms with Gasteiger partial charge in [0, 0.05) is 25.6 Å². The molecule has 0 N–H and O–H groups in total. The number of carbonyl (C=O) groups excluding carboxylic acids is 1. The van der Waals surface area contributed by atoms with Gasteiger partial charge in [0.15, 0.2) is 17.3 Å². The number of nitrogens with zero attached hydrogens (tertiary/aromatic N) is 1. The number of morpholine rings is 1. The van der Waals surface area contributed by atoms with Crippen LogP contribution in [0.4, 0.5) is 0 Å². The Labute approximate surface area is 142 Å². The first kappa shape index (κ1) is 15.7. The maximum atomic E-state index is 12.9. The number of rotatable bonds is 3. The molecule has 0 aromatic heterocycles. The number of benzene rings is 1. The van der Waals surface area contributed by atoms with Gasteiger partial charge in [0.05, 0.1) is 13.2 Å². The Morgan fingerprint density at radius 3 is 2.88 bits per heavy atom. The Kier molecular flexibility index (Phi) is 4.54. The number of hydrogen-bond acceptors (Lipinski definition) is 5. The van der Waals surface area contributed by atoms with Gasteiger partial charge in [-0.2, -0.15) is 0 Å². The second-order valence-corrected chi connectivity index (χ2v) is 6.65. The summed E-state index contributed by atoms with van der Waals surface area (Å²) in [5.74, 6) is 1.97. The van der Waals surface area contributed by atoms with E-state index < -0.39 is 0 Å². The lowest BCUT2D eigenvalue weighted by Gasteiger charge is -2.32. The summed E-state index contributed by atoms with van der Waals surface area (Å²) in [6, 6.07) is 5.85. The molecule has 24 heavy (non-hydrogen) atoms. The van der Waals surface area contributed by atoms with Crippen molar-refractivity contribution in [3.05, 3.63) is 29.3 Å². The van der Waals surface area contributed by atoms with E-state index in [1.54, 1.807) is 0 Å². The third kappa shape index (κ3) is 3.32. The summed E-state index contributed by atoms with van der Waals surface area (Å²) >= 11 is 0. The summed E-state index contributed by atoms with van der Waals surface area (Å²) in [6.07, 6.45) is 4.97. The molecule has 1 aromatic carbocycles. The topological polar surface area (TPSA) is 48.0 Å². The number of ketones is 1. The molecule has 0 amide bonds. The van der Waals surface area contributed by atoms with Gasteiger partial charge in [-0.25, -0.2) is 0 Å². The Hall–Kier alpha value is -1.85. The van der Waals surface area contributed by atoms with Crippen molar-refractivity contribution < 1.29 is 19.0 Å². The van der Waals surface area contributed by atoms with Crippen molar-refractivity contribution >= 4 is 11.9 Å². The fraction of sp³-hybridized carbons (Fsp3) is 0.526. The zero-order chi connectivity index (χ0) is 16.4. The van der Waals surface area contributed by atoms with Crippen LogP contribution in [-0.4, -0.2) is 50.3 Å².